The van der Waals surface area contributed by atoms with Crippen molar-refractivity contribution in [1.82, 2.24) is 9.97 Å². The van der Waals surface area contributed by atoms with Crippen LogP contribution in [-0.4, -0.2) is 26.6 Å². The second-order valence-electron chi connectivity index (χ2n) is 5.70. The second-order valence-corrected chi connectivity index (χ2v) is 6.78. The van der Waals surface area contributed by atoms with Crippen LogP contribution in [0.2, 0.25) is 0 Å². The third kappa shape index (κ3) is 14.4. The summed E-state index contributed by atoms with van der Waals surface area (Å²) in [5, 5.41) is 9.14. The van der Waals surface area contributed by atoms with Crippen LogP contribution < -0.4 is 4.74 Å². The van der Waals surface area contributed by atoms with E-state index in [9.17, 15) is 0 Å². The number of aromatic nitrogens is 2. The maximum absolute atomic E-state index is 9.14. The summed E-state index contributed by atoms with van der Waals surface area (Å²) in [6.07, 6.45) is 6.03. The Kier molecular flexibility index (Phi) is 21.8. The quantitative estimate of drug-likeness (QED) is 0.364. The van der Waals surface area contributed by atoms with Gasteiger partial charge in [-0.3, -0.25) is 9.97 Å². The first-order chi connectivity index (χ1) is 12.3. The van der Waals surface area contributed by atoms with E-state index in [0.717, 1.165) is 22.6 Å². The SMILES string of the molecule is C.CCC.CCCI.COc1c(C)ccnc1C.Cc1ccnc(C)c1O. The maximum atomic E-state index is 9.14. The highest BCUT2D eigenvalue weighted by Crippen LogP contribution is 2.18. The van der Waals surface area contributed by atoms with Crippen LogP contribution in [0.1, 0.15) is 63.6 Å². The Bertz CT molecular complexity index is 562. The second kappa shape index (κ2) is 19.4. The van der Waals surface area contributed by atoms with Crippen molar-refractivity contribution >= 4 is 22.6 Å². The lowest BCUT2D eigenvalue weighted by atomic mass is 10.2. The molecular weight excluding hydrogens is 451 g/mol. The molecular formula is C22H39IN2O2. The summed E-state index contributed by atoms with van der Waals surface area (Å²) < 4.78 is 6.40. The number of aromatic hydroxyl groups is 1. The fourth-order valence-corrected chi connectivity index (χ4v) is 1.68. The lowest BCUT2D eigenvalue weighted by molar-refractivity contribution is 0.406. The van der Waals surface area contributed by atoms with E-state index in [1.54, 1.807) is 32.5 Å². The number of ether oxygens (including phenoxy) is 1. The molecule has 0 aliphatic rings. The number of aryl methyl sites for hydroxylation is 4. The maximum Gasteiger partial charge on any atom is 0.142 e. The Morgan fingerprint density at radius 2 is 1.33 bits per heavy atom. The molecule has 0 spiro atoms. The summed E-state index contributed by atoms with van der Waals surface area (Å²) in [7, 11) is 1.66. The molecule has 4 nitrogen and oxygen atoms in total. The highest BCUT2D eigenvalue weighted by atomic mass is 127. The van der Waals surface area contributed by atoms with Gasteiger partial charge in [0.25, 0.3) is 0 Å². The van der Waals surface area contributed by atoms with Crippen molar-refractivity contribution in [3.63, 3.8) is 0 Å². The van der Waals surface area contributed by atoms with E-state index in [1.807, 2.05) is 26.8 Å². The Balaban J connectivity index is -0.000000312. The normalized spacial score (nSPS) is 8.48. The first-order valence-electron chi connectivity index (χ1n) is 8.93. The largest absolute Gasteiger partial charge is 0.506 e. The van der Waals surface area contributed by atoms with Gasteiger partial charge in [0, 0.05) is 12.4 Å². The molecule has 1 N–H and O–H groups in total. The molecule has 0 radical (unpaired) electrons. The van der Waals surface area contributed by atoms with Crippen LogP contribution in [-0.2, 0) is 0 Å². The van der Waals surface area contributed by atoms with Crippen molar-refractivity contribution in [2.75, 3.05) is 11.5 Å². The predicted octanol–water partition coefficient (Wildman–Crippen LogP) is 6.99. The smallest absolute Gasteiger partial charge is 0.142 e. The number of hydrogen-bond donors (Lipinski definition) is 1. The summed E-state index contributed by atoms with van der Waals surface area (Å²) in [4.78, 5) is 7.98. The molecule has 5 heteroatoms. The van der Waals surface area contributed by atoms with E-state index >= 15 is 0 Å². The molecule has 0 saturated carbocycles. The number of methoxy groups -OCH3 is 1. The molecule has 0 fully saturated rings. The van der Waals surface area contributed by atoms with Crippen LogP contribution in [0.4, 0.5) is 0 Å². The van der Waals surface area contributed by atoms with Gasteiger partial charge in [-0.15, -0.1) is 0 Å². The first kappa shape index (κ1) is 30.4. The van der Waals surface area contributed by atoms with Crippen LogP contribution in [0.15, 0.2) is 24.5 Å². The Morgan fingerprint density at radius 3 is 1.59 bits per heavy atom. The van der Waals surface area contributed by atoms with Gasteiger partial charge < -0.3 is 9.84 Å². The summed E-state index contributed by atoms with van der Waals surface area (Å²) in [6, 6.07) is 3.72. The third-order valence-corrected chi connectivity index (χ3v) is 4.06. The van der Waals surface area contributed by atoms with E-state index in [0.29, 0.717) is 11.4 Å². The standard InChI is InChI=1S/C8H11NO.C7H9NO.C3H7I.C3H8.CH4/c1-6-4-5-9-7(2)8(6)10-3;1-5-3-4-8-6(2)7(5)9;1-2-3-4;1-3-2;/h4-5H,1-3H3;3-4,9H,1-2H3;2-3H2,1H3;3H2,1-2H3;1H4. The highest BCUT2D eigenvalue weighted by molar-refractivity contribution is 14.1. The minimum absolute atomic E-state index is 0. The average Bonchev–Trinajstić information content (AvgIpc) is 2.61. The number of alkyl halides is 1. The molecule has 2 heterocycles. The molecule has 156 valence electrons. The van der Waals surface area contributed by atoms with Gasteiger partial charge in [0.1, 0.15) is 11.5 Å². The average molecular weight is 490 g/mol. The lowest BCUT2D eigenvalue weighted by Crippen LogP contribution is -1.92. The first-order valence-corrected chi connectivity index (χ1v) is 10.5. The number of pyridine rings is 2. The topological polar surface area (TPSA) is 55.2 Å². The molecule has 0 aliphatic heterocycles. The van der Waals surface area contributed by atoms with Gasteiger partial charge in [-0.25, -0.2) is 0 Å². The zero-order valence-electron chi connectivity index (χ0n) is 17.6. The molecule has 0 atom stereocenters. The molecule has 0 aliphatic carbocycles. The molecule has 0 saturated heterocycles. The van der Waals surface area contributed by atoms with Gasteiger partial charge >= 0.3 is 0 Å². The summed E-state index contributed by atoms with van der Waals surface area (Å²) in [5.41, 5.74) is 3.65. The van der Waals surface area contributed by atoms with Crippen LogP contribution >= 0.6 is 22.6 Å². The van der Waals surface area contributed by atoms with Crippen LogP contribution in [0.25, 0.3) is 0 Å². The van der Waals surface area contributed by atoms with Crippen molar-refractivity contribution < 1.29 is 9.84 Å². The zero-order valence-corrected chi connectivity index (χ0v) is 19.7. The highest BCUT2D eigenvalue weighted by Gasteiger charge is 2.00. The molecule has 2 aromatic heterocycles. The molecule has 2 aromatic rings. The van der Waals surface area contributed by atoms with Gasteiger partial charge in [0.2, 0.25) is 0 Å². The molecule has 0 aromatic carbocycles. The minimum Gasteiger partial charge on any atom is -0.506 e. The fraction of sp³-hybridized carbons (Fsp3) is 0.545. The third-order valence-electron chi connectivity index (χ3n) is 2.98. The molecule has 27 heavy (non-hydrogen) atoms. The summed E-state index contributed by atoms with van der Waals surface area (Å²) in [5.74, 6) is 1.19. The van der Waals surface area contributed by atoms with Crippen molar-refractivity contribution in [1.29, 1.82) is 0 Å². The molecule has 2 rings (SSSR count). The van der Waals surface area contributed by atoms with Gasteiger partial charge in [-0.1, -0.05) is 57.2 Å². The minimum atomic E-state index is 0. The van der Waals surface area contributed by atoms with Crippen molar-refractivity contribution in [2.24, 2.45) is 0 Å². The van der Waals surface area contributed by atoms with Crippen molar-refractivity contribution in [2.45, 2.75) is 68.7 Å². The van der Waals surface area contributed by atoms with E-state index < -0.39 is 0 Å². The van der Waals surface area contributed by atoms with E-state index in [4.69, 9.17) is 9.84 Å². The van der Waals surface area contributed by atoms with E-state index in [2.05, 4.69) is 53.3 Å². The van der Waals surface area contributed by atoms with Crippen LogP contribution in [0, 0.1) is 27.7 Å². The number of rotatable bonds is 2. The molecule has 0 bridgehead atoms. The Morgan fingerprint density at radius 1 is 0.926 bits per heavy atom. The number of nitrogens with zero attached hydrogens (tertiary/aromatic N) is 2. The molecule has 0 unspecified atom stereocenters. The Hall–Kier alpha value is -1.37. The predicted molar refractivity (Wildman–Crippen MR) is 128 cm³/mol. The lowest BCUT2D eigenvalue weighted by Gasteiger charge is -2.05. The number of hydrogen-bond acceptors (Lipinski definition) is 4. The summed E-state index contributed by atoms with van der Waals surface area (Å²) in [6.45, 7) is 14.0. The van der Waals surface area contributed by atoms with Crippen molar-refractivity contribution in [3.8, 4) is 11.5 Å². The zero-order chi connectivity index (χ0) is 20.5. The summed E-state index contributed by atoms with van der Waals surface area (Å²) >= 11 is 2.35. The monoisotopic (exact) mass is 490 g/mol. The fourth-order valence-electron chi connectivity index (χ4n) is 1.68. The van der Waals surface area contributed by atoms with Gasteiger partial charge in [-0.05, 0) is 61.8 Å². The molecule has 0 amide bonds. The van der Waals surface area contributed by atoms with Gasteiger partial charge in [0.15, 0.2) is 0 Å². The number of halogens is 1. The Labute approximate surface area is 181 Å². The van der Waals surface area contributed by atoms with E-state index in [1.165, 1.54) is 17.3 Å². The van der Waals surface area contributed by atoms with Crippen LogP contribution in [0.3, 0.4) is 0 Å². The van der Waals surface area contributed by atoms with E-state index in [-0.39, 0.29) is 7.43 Å². The van der Waals surface area contributed by atoms with Crippen molar-refractivity contribution in [3.05, 3.63) is 47.0 Å². The van der Waals surface area contributed by atoms with Crippen LogP contribution in [0.5, 0.6) is 11.5 Å². The van der Waals surface area contributed by atoms with Gasteiger partial charge in [0.05, 0.1) is 18.5 Å². The van der Waals surface area contributed by atoms with Gasteiger partial charge in [-0.2, -0.15) is 0 Å².